The van der Waals surface area contributed by atoms with Gasteiger partial charge in [0.2, 0.25) is 5.91 Å². The van der Waals surface area contributed by atoms with Crippen molar-refractivity contribution in [2.24, 2.45) is 0 Å². The summed E-state index contributed by atoms with van der Waals surface area (Å²) in [7, 11) is 0. The molecule has 1 aromatic heterocycles. The van der Waals surface area contributed by atoms with Gasteiger partial charge in [-0.15, -0.1) is 0 Å². The average molecular weight is 276 g/mol. The summed E-state index contributed by atoms with van der Waals surface area (Å²) in [6.45, 7) is -0.237. The summed E-state index contributed by atoms with van der Waals surface area (Å²) in [5.41, 5.74) is 3.05. The average Bonchev–Trinajstić information content (AvgIpc) is 2.92. The number of carbonyl (C=O) groups excluding carboxylic acids is 3. The van der Waals surface area contributed by atoms with Crippen LogP contribution in [0.15, 0.2) is 24.3 Å². The minimum absolute atomic E-state index is 0.165. The van der Waals surface area contributed by atoms with Crippen molar-refractivity contribution < 1.29 is 18.8 Å². The molecule has 0 saturated carbocycles. The molecule has 3 N–H and O–H groups in total. The van der Waals surface area contributed by atoms with Crippen LogP contribution in [0.3, 0.4) is 0 Å². The summed E-state index contributed by atoms with van der Waals surface area (Å²) in [4.78, 5) is 37.0. The van der Waals surface area contributed by atoms with Crippen molar-refractivity contribution in [3.8, 4) is 0 Å². The largest absolute Gasteiger partial charge is 0.350 e. The normalized spacial score (nSPS) is 14.8. The number of rotatable bonds is 2. The van der Waals surface area contributed by atoms with E-state index in [9.17, 15) is 18.8 Å². The monoisotopic (exact) mass is 276 g/mol. The zero-order valence-electron chi connectivity index (χ0n) is 10.1. The highest BCUT2D eigenvalue weighted by molar-refractivity contribution is 6.04. The maximum Gasteiger partial charge on any atom is 0.343 e. The van der Waals surface area contributed by atoms with Gasteiger partial charge in [-0.1, -0.05) is 0 Å². The van der Waals surface area contributed by atoms with Crippen LogP contribution < -0.4 is 10.7 Å². The maximum absolute atomic E-state index is 13.1. The molecular formula is C12H9FN4O3. The molecule has 8 heteroatoms. The Bertz CT molecular complexity index is 739. The van der Waals surface area contributed by atoms with Crippen LogP contribution in [0.1, 0.15) is 10.5 Å². The molecule has 1 fully saturated rings. The number of aromatic nitrogens is 1. The lowest BCUT2D eigenvalue weighted by atomic mass is 10.2. The fourth-order valence-electron chi connectivity index (χ4n) is 1.94. The Morgan fingerprint density at radius 3 is 2.80 bits per heavy atom. The molecule has 1 aliphatic rings. The van der Waals surface area contributed by atoms with Crippen LogP contribution in [0, 0.1) is 5.82 Å². The molecule has 0 bridgehead atoms. The highest BCUT2D eigenvalue weighted by Crippen LogP contribution is 2.16. The number of hydrazine groups is 1. The number of urea groups is 1. The maximum atomic E-state index is 13.1. The van der Waals surface area contributed by atoms with Crippen LogP contribution in [0.4, 0.5) is 9.18 Å². The number of nitrogens with zero attached hydrogens (tertiary/aromatic N) is 1. The molecule has 0 spiro atoms. The van der Waals surface area contributed by atoms with Crippen LogP contribution in [0.25, 0.3) is 10.9 Å². The number of benzene rings is 1. The van der Waals surface area contributed by atoms with Crippen LogP contribution in [-0.2, 0) is 4.79 Å². The zero-order valence-corrected chi connectivity index (χ0v) is 10.1. The standard InChI is InChI=1S/C12H9FN4O3/c13-7-1-2-8-6(3-7)4-9(14-8)11(19)16-17-5-10(18)15-12(17)20/h1-4,14H,5H2,(H,16,19)(H,15,18,20). The van der Waals surface area contributed by atoms with Gasteiger partial charge in [0.05, 0.1) is 0 Å². The number of amides is 4. The number of H-pyrrole nitrogens is 1. The topological polar surface area (TPSA) is 94.3 Å². The summed E-state index contributed by atoms with van der Waals surface area (Å²) in [6.07, 6.45) is 0. The van der Waals surface area contributed by atoms with E-state index in [1.165, 1.54) is 24.3 Å². The highest BCUT2D eigenvalue weighted by atomic mass is 19.1. The smallest absolute Gasteiger partial charge is 0.343 e. The number of imide groups is 1. The lowest BCUT2D eigenvalue weighted by Gasteiger charge is -2.13. The molecule has 7 nitrogen and oxygen atoms in total. The molecule has 0 radical (unpaired) electrons. The van der Waals surface area contributed by atoms with E-state index in [-0.39, 0.29) is 12.2 Å². The fourth-order valence-corrected chi connectivity index (χ4v) is 1.94. The number of hydrogen-bond donors (Lipinski definition) is 3. The quantitative estimate of drug-likeness (QED) is 0.697. The van der Waals surface area contributed by atoms with Crippen LogP contribution in [0.2, 0.25) is 0 Å². The number of hydrogen-bond acceptors (Lipinski definition) is 3. The minimum atomic E-state index is -0.689. The molecular weight excluding hydrogens is 267 g/mol. The number of aromatic amines is 1. The van der Waals surface area contributed by atoms with Crippen molar-refractivity contribution in [2.75, 3.05) is 6.54 Å². The molecule has 102 valence electrons. The fraction of sp³-hybridized carbons (Fsp3) is 0.0833. The van der Waals surface area contributed by atoms with Gasteiger partial charge in [-0.25, -0.2) is 14.2 Å². The van der Waals surface area contributed by atoms with Gasteiger partial charge < -0.3 is 4.98 Å². The first-order valence-corrected chi connectivity index (χ1v) is 5.73. The number of nitrogens with one attached hydrogen (secondary N) is 3. The van der Waals surface area contributed by atoms with E-state index in [1.54, 1.807) is 0 Å². The number of fused-ring (bicyclic) bond motifs is 1. The predicted molar refractivity (Wildman–Crippen MR) is 66.0 cm³/mol. The van der Waals surface area contributed by atoms with Gasteiger partial charge in [0.15, 0.2) is 0 Å². The summed E-state index contributed by atoms with van der Waals surface area (Å²) in [6, 6.07) is 4.84. The van der Waals surface area contributed by atoms with Crippen LogP contribution in [-0.4, -0.2) is 34.4 Å². The third-order valence-electron chi connectivity index (χ3n) is 2.86. The van der Waals surface area contributed by atoms with Crippen molar-refractivity contribution in [1.29, 1.82) is 0 Å². The van der Waals surface area contributed by atoms with Crippen LogP contribution in [0.5, 0.6) is 0 Å². The molecule has 4 amide bonds. The number of carbonyl (C=O) groups is 3. The third-order valence-corrected chi connectivity index (χ3v) is 2.86. The van der Waals surface area contributed by atoms with E-state index < -0.39 is 23.7 Å². The molecule has 0 atom stereocenters. The van der Waals surface area contributed by atoms with E-state index in [0.29, 0.717) is 10.9 Å². The molecule has 3 rings (SSSR count). The molecule has 0 aliphatic carbocycles. The predicted octanol–water partition coefficient (Wildman–Crippen LogP) is 0.504. The van der Waals surface area contributed by atoms with Gasteiger partial charge in [0.1, 0.15) is 18.1 Å². The lowest BCUT2D eigenvalue weighted by molar-refractivity contribution is -0.118. The van der Waals surface area contributed by atoms with Gasteiger partial charge in [-0.2, -0.15) is 0 Å². The molecule has 2 aromatic rings. The Morgan fingerprint density at radius 1 is 1.30 bits per heavy atom. The van der Waals surface area contributed by atoms with E-state index in [2.05, 4.69) is 10.4 Å². The Hall–Kier alpha value is -2.90. The van der Waals surface area contributed by atoms with Gasteiger partial charge in [0, 0.05) is 10.9 Å². The van der Waals surface area contributed by atoms with Gasteiger partial charge in [-0.05, 0) is 24.3 Å². The molecule has 2 heterocycles. The first kappa shape index (κ1) is 12.2. The summed E-state index contributed by atoms with van der Waals surface area (Å²) < 4.78 is 13.1. The summed E-state index contributed by atoms with van der Waals surface area (Å²) >= 11 is 0. The molecule has 1 saturated heterocycles. The van der Waals surface area contributed by atoms with Gasteiger partial charge in [0.25, 0.3) is 5.91 Å². The van der Waals surface area contributed by atoms with Crippen molar-refractivity contribution >= 4 is 28.7 Å². The van der Waals surface area contributed by atoms with Gasteiger partial charge in [-0.3, -0.25) is 20.3 Å². The molecule has 1 aliphatic heterocycles. The van der Waals surface area contributed by atoms with Gasteiger partial charge >= 0.3 is 6.03 Å². The molecule has 0 unspecified atom stereocenters. The Balaban J connectivity index is 1.82. The molecule has 20 heavy (non-hydrogen) atoms. The van der Waals surface area contributed by atoms with E-state index in [4.69, 9.17) is 0 Å². The summed E-state index contributed by atoms with van der Waals surface area (Å²) in [5, 5.41) is 3.44. The second-order valence-corrected chi connectivity index (χ2v) is 4.29. The van der Waals surface area contributed by atoms with E-state index >= 15 is 0 Å². The SMILES string of the molecule is O=C1CN(NC(=O)c2cc3cc(F)ccc3[nH]2)C(=O)N1. The second kappa shape index (κ2) is 4.34. The minimum Gasteiger partial charge on any atom is -0.350 e. The Kier molecular flexibility index (Phi) is 2.63. The van der Waals surface area contributed by atoms with E-state index in [1.807, 2.05) is 5.32 Å². The first-order chi connectivity index (χ1) is 9.52. The third kappa shape index (κ3) is 2.07. The second-order valence-electron chi connectivity index (χ2n) is 4.29. The van der Waals surface area contributed by atoms with E-state index in [0.717, 1.165) is 5.01 Å². The number of halogens is 1. The van der Waals surface area contributed by atoms with Crippen molar-refractivity contribution in [3.05, 3.63) is 35.8 Å². The summed E-state index contributed by atoms with van der Waals surface area (Å²) in [5.74, 6) is -1.49. The van der Waals surface area contributed by atoms with Crippen molar-refractivity contribution in [2.45, 2.75) is 0 Å². The van der Waals surface area contributed by atoms with Crippen molar-refractivity contribution in [3.63, 3.8) is 0 Å². The van der Waals surface area contributed by atoms with Crippen LogP contribution >= 0.6 is 0 Å². The Labute approximate surface area is 111 Å². The Morgan fingerprint density at radius 2 is 2.10 bits per heavy atom. The van der Waals surface area contributed by atoms with Crippen molar-refractivity contribution in [1.82, 2.24) is 20.7 Å². The lowest BCUT2D eigenvalue weighted by Crippen LogP contribution is -2.44. The highest BCUT2D eigenvalue weighted by Gasteiger charge is 2.28. The molecule has 1 aromatic carbocycles. The first-order valence-electron chi connectivity index (χ1n) is 5.73. The zero-order chi connectivity index (χ0) is 14.3.